The average molecular weight is 359 g/mol. The van der Waals surface area contributed by atoms with Gasteiger partial charge in [-0.25, -0.2) is 14.6 Å². The number of aryl methyl sites for hydroxylation is 2. The number of hydrogen-bond acceptors (Lipinski definition) is 5. The third-order valence-corrected chi connectivity index (χ3v) is 4.40. The molecule has 0 aliphatic rings. The normalized spacial score (nSPS) is 10.9. The molecule has 0 aliphatic carbocycles. The lowest BCUT2D eigenvalue weighted by molar-refractivity contribution is 0.756. The Morgan fingerprint density at radius 2 is 1.89 bits per heavy atom. The summed E-state index contributed by atoms with van der Waals surface area (Å²) in [6, 6.07) is 12.2. The Labute approximate surface area is 157 Å². The molecule has 136 valence electrons. The van der Waals surface area contributed by atoms with Crippen molar-refractivity contribution in [3.05, 3.63) is 72.4 Å². The summed E-state index contributed by atoms with van der Waals surface area (Å²) in [5.41, 5.74) is 5.08. The third-order valence-electron chi connectivity index (χ3n) is 4.40. The smallest absolute Gasteiger partial charge is 0.225 e. The molecule has 0 N–H and O–H groups in total. The van der Waals surface area contributed by atoms with E-state index in [1.54, 1.807) is 17.1 Å². The first kappa shape index (κ1) is 17.0. The van der Waals surface area contributed by atoms with Crippen molar-refractivity contribution in [1.82, 2.24) is 29.5 Å². The van der Waals surface area contributed by atoms with Gasteiger partial charge in [0.05, 0.1) is 17.1 Å². The Morgan fingerprint density at radius 1 is 1.07 bits per heavy atom. The van der Waals surface area contributed by atoms with Gasteiger partial charge in [0, 0.05) is 51.0 Å². The molecule has 0 radical (unpaired) electrons. The Morgan fingerprint density at radius 3 is 2.56 bits per heavy atom. The zero-order chi connectivity index (χ0) is 18.8. The molecule has 7 heteroatoms. The van der Waals surface area contributed by atoms with Crippen molar-refractivity contribution in [3.8, 4) is 16.9 Å². The summed E-state index contributed by atoms with van der Waals surface area (Å²) in [6.07, 6.45) is 7.48. The van der Waals surface area contributed by atoms with Gasteiger partial charge in [-0.2, -0.15) is 10.2 Å². The standard InChI is InChI=1S/C20H21N7/c1-15-18(14-26(3)24-15)19-9-11-21-20(23-19)25(2)13-16-5-7-17(8-6-16)27-12-4-10-22-27/h4-12,14H,13H2,1-3H3. The molecule has 7 nitrogen and oxygen atoms in total. The van der Waals surface area contributed by atoms with Crippen LogP contribution in [0, 0.1) is 6.92 Å². The number of anilines is 1. The van der Waals surface area contributed by atoms with Gasteiger partial charge >= 0.3 is 0 Å². The van der Waals surface area contributed by atoms with Gasteiger partial charge in [-0.05, 0) is 36.8 Å². The molecule has 1 aromatic carbocycles. The highest BCUT2D eigenvalue weighted by molar-refractivity contribution is 5.61. The number of aromatic nitrogens is 6. The quantitative estimate of drug-likeness (QED) is 0.548. The lowest BCUT2D eigenvalue weighted by atomic mass is 10.2. The van der Waals surface area contributed by atoms with Crippen molar-refractivity contribution in [2.45, 2.75) is 13.5 Å². The van der Waals surface area contributed by atoms with E-state index in [0.717, 1.165) is 29.2 Å². The molecule has 27 heavy (non-hydrogen) atoms. The van der Waals surface area contributed by atoms with Gasteiger partial charge in [-0.15, -0.1) is 0 Å². The molecule has 0 unspecified atom stereocenters. The van der Waals surface area contributed by atoms with Crippen molar-refractivity contribution in [2.24, 2.45) is 7.05 Å². The summed E-state index contributed by atoms with van der Waals surface area (Å²) >= 11 is 0. The minimum Gasteiger partial charge on any atom is -0.340 e. The van der Waals surface area contributed by atoms with Crippen LogP contribution in [0.5, 0.6) is 0 Å². The van der Waals surface area contributed by atoms with Crippen LogP contribution in [0.15, 0.2) is 61.2 Å². The predicted molar refractivity (Wildman–Crippen MR) is 105 cm³/mol. The van der Waals surface area contributed by atoms with Crippen LogP contribution >= 0.6 is 0 Å². The first-order valence-corrected chi connectivity index (χ1v) is 8.74. The molecule has 4 aromatic rings. The van der Waals surface area contributed by atoms with Gasteiger partial charge in [0.1, 0.15) is 0 Å². The van der Waals surface area contributed by atoms with E-state index in [4.69, 9.17) is 4.98 Å². The Bertz CT molecular complexity index is 1030. The molecule has 0 saturated heterocycles. The van der Waals surface area contributed by atoms with E-state index in [1.165, 1.54) is 5.56 Å². The maximum Gasteiger partial charge on any atom is 0.225 e. The van der Waals surface area contributed by atoms with Crippen LogP contribution in [0.1, 0.15) is 11.3 Å². The molecule has 0 aliphatic heterocycles. The number of nitrogens with zero attached hydrogens (tertiary/aromatic N) is 7. The van der Waals surface area contributed by atoms with Gasteiger partial charge in [-0.3, -0.25) is 4.68 Å². The van der Waals surface area contributed by atoms with Crippen molar-refractivity contribution in [1.29, 1.82) is 0 Å². The van der Waals surface area contributed by atoms with Gasteiger partial charge in [0.25, 0.3) is 0 Å². The van der Waals surface area contributed by atoms with Crippen LogP contribution in [0.25, 0.3) is 16.9 Å². The second-order valence-electron chi connectivity index (χ2n) is 6.52. The highest BCUT2D eigenvalue weighted by Gasteiger charge is 2.11. The van der Waals surface area contributed by atoms with Crippen LogP contribution < -0.4 is 4.90 Å². The first-order chi connectivity index (χ1) is 13.1. The van der Waals surface area contributed by atoms with Crippen LogP contribution in [0.3, 0.4) is 0 Å². The summed E-state index contributed by atoms with van der Waals surface area (Å²) < 4.78 is 3.65. The largest absolute Gasteiger partial charge is 0.340 e. The zero-order valence-corrected chi connectivity index (χ0v) is 15.6. The summed E-state index contributed by atoms with van der Waals surface area (Å²) in [6.45, 7) is 2.71. The van der Waals surface area contributed by atoms with Gasteiger partial charge < -0.3 is 4.90 Å². The van der Waals surface area contributed by atoms with Crippen LogP contribution in [-0.4, -0.2) is 36.6 Å². The van der Waals surface area contributed by atoms with E-state index >= 15 is 0 Å². The van der Waals surface area contributed by atoms with E-state index in [0.29, 0.717) is 5.95 Å². The van der Waals surface area contributed by atoms with Crippen molar-refractivity contribution in [2.75, 3.05) is 11.9 Å². The molecule has 3 aromatic heterocycles. The summed E-state index contributed by atoms with van der Waals surface area (Å²) in [5.74, 6) is 0.687. The number of hydrogen-bond donors (Lipinski definition) is 0. The maximum absolute atomic E-state index is 4.72. The molecule has 0 fully saturated rings. The molecule has 0 amide bonds. The topological polar surface area (TPSA) is 64.7 Å². The second-order valence-corrected chi connectivity index (χ2v) is 6.52. The van der Waals surface area contributed by atoms with Gasteiger partial charge in [-0.1, -0.05) is 12.1 Å². The fourth-order valence-corrected chi connectivity index (χ4v) is 3.05. The molecule has 4 rings (SSSR count). The van der Waals surface area contributed by atoms with Crippen molar-refractivity contribution >= 4 is 5.95 Å². The second kappa shape index (κ2) is 7.03. The first-order valence-electron chi connectivity index (χ1n) is 8.74. The molecule has 0 atom stereocenters. The Kier molecular flexibility index (Phi) is 4.42. The molecule has 0 spiro atoms. The van der Waals surface area contributed by atoms with E-state index in [9.17, 15) is 0 Å². The van der Waals surface area contributed by atoms with Crippen molar-refractivity contribution < 1.29 is 0 Å². The Balaban J connectivity index is 1.52. The molecular weight excluding hydrogens is 338 g/mol. The van der Waals surface area contributed by atoms with Gasteiger partial charge in [0.2, 0.25) is 5.95 Å². The third kappa shape index (κ3) is 3.57. The zero-order valence-electron chi connectivity index (χ0n) is 15.6. The minimum atomic E-state index is 0.687. The maximum atomic E-state index is 4.72. The lowest BCUT2D eigenvalue weighted by Gasteiger charge is -2.17. The Hall–Kier alpha value is -3.48. The highest BCUT2D eigenvalue weighted by atomic mass is 15.3. The van der Waals surface area contributed by atoms with E-state index in [2.05, 4.69) is 39.4 Å². The lowest BCUT2D eigenvalue weighted by Crippen LogP contribution is -2.19. The summed E-state index contributed by atoms with van der Waals surface area (Å²) in [7, 11) is 3.91. The van der Waals surface area contributed by atoms with E-state index < -0.39 is 0 Å². The SMILES string of the molecule is Cc1nn(C)cc1-c1ccnc(N(C)Cc2ccc(-n3cccn3)cc2)n1. The fourth-order valence-electron chi connectivity index (χ4n) is 3.05. The van der Waals surface area contributed by atoms with Crippen LogP contribution in [-0.2, 0) is 13.6 Å². The summed E-state index contributed by atoms with van der Waals surface area (Å²) in [5, 5.41) is 8.65. The predicted octanol–water partition coefficient (Wildman–Crippen LogP) is 3.01. The molecule has 3 heterocycles. The minimum absolute atomic E-state index is 0.687. The highest BCUT2D eigenvalue weighted by Crippen LogP contribution is 2.22. The monoisotopic (exact) mass is 359 g/mol. The van der Waals surface area contributed by atoms with Crippen molar-refractivity contribution in [3.63, 3.8) is 0 Å². The summed E-state index contributed by atoms with van der Waals surface area (Å²) in [4.78, 5) is 11.2. The number of benzene rings is 1. The van der Waals surface area contributed by atoms with E-state index in [-0.39, 0.29) is 0 Å². The van der Waals surface area contributed by atoms with E-state index in [1.807, 2.05) is 55.1 Å². The molecular formula is C20H21N7. The molecule has 0 bridgehead atoms. The van der Waals surface area contributed by atoms with Gasteiger partial charge in [0.15, 0.2) is 0 Å². The van der Waals surface area contributed by atoms with Crippen LogP contribution in [0.2, 0.25) is 0 Å². The average Bonchev–Trinajstić information content (AvgIpc) is 3.32. The number of rotatable bonds is 5. The fraction of sp³-hybridized carbons (Fsp3) is 0.200. The van der Waals surface area contributed by atoms with Crippen LogP contribution in [0.4, 0.5) is 5.95 Å². The molecule has 0 saturated carbocycles.